The first-order chi connectivity index (χ1) is 7.16. The third-order valence-electron chi connectivity index (χ3n) is 2.47. The van der Waals surface area contributed by atoms with Crippen molar-refractivity contribution in [2.75, 3.05) is 0 Å². The molecular weight excluding hydrogens is 184 g/mol. The molecule has 0 radical (unpaired) electrons. The van der Waals surface area contributed by atoms with Crippen molar-refractivity contribution in [1.82, 2.24) is 4.98 Å². The summed E-state index contributed by atoms with van der Waals surface area (Å²) in [5.74, 6) is 0. The van der Waals surface area contributed by atoms with Gasteiger partial charge in [-0.25, -0.2) is 0 Å². The van der Waals surface area contributed by atoms with Crippen molar-refractivity contribution >= 4 is 10.9 Å². The topological polar surface area (TPSA) is 38.9 Å². The van der Waals surface area contributed by atoms with E-state index in [9.17, 15) is 0 Å². The molecule has 1 heterocycles. The van der Waals surface area contributed by atoms with E-state index in [0.29, 0.717) is 0 Å². The molecule has 78 valence electrons. The highest BCUT2D eigenvalue weighted by atomic mass is 14.7. The third kappa shape index (κ3) is 2.16. The predicted octanol–water partition coefficient (Wildman–Crippen LogP) is 2.43. The summed E-state index contributed by atoms with van der Waals surface area (Å²) in [5, 5.41) is 1.20. The van der Waals surface area contributed by atoms with Gasteiger partial charge >= 0.3 is 0 Å². The summed E-state index contributed by atoms with van der Waals surface area (Å²) in [6, 6.07) is 8.61. The molecule has 0 spiro atoms. The molecule has 0 aliphatic carbocycles. The summed E-state index contributed by atoms with van der Waals surface area (Å²) in [4.78, 5) is 4.48. The Kier molecular flexibility index (Phi) is 2.69. The van der Waals surface area contributed by atoms with E-state index >= 15 is 0 Å². The first kappa shape index (κ1) is 10.1. The Balaban J connectivity index is 2.56. The first-order valence-electron chi connectivity index (χ1n) is 5.26. The number of benzene rings is 1. The molecule has 2 aromatic rings. The van der Waals surface area contributed by atoms with Crippen LogP contribution in [0.25, 0.3) is 10.9 Å². The van der Waals surface area contributed by atoms with E-state index in [-0.39, 0.29) is 6.04 Å². The minimum Gasteiger partial charge on any atom is -0.328 e. The minimum absolute atomic E-state index is 0.179. The first-order valence-corrected chi connectivity index (χ1v) is 5.26. The Hall–Kier alpha value is -1.41. The Labute approximate surface area is 90.1 Å². The van der Waals surface area contributed by atoms with Gasteiger partial charge in [0.25, 0.3) is 0 Å². The molecule has 2 N–H and O–H groups in total. The van der Waals surface area contributed by atoms with Crippen LogP contribution in [0.15, 0.2) is 30.5 Å². The molecule has 0 amide bonds. The fourth-order valence-electron chi connectivity index (χ4n) is 1.85. The van der Waals surface area contributed by atoms with Gasteiger partial charge < -0.3 is 5.73 Å². The minimum atomic E-state index is 0.179. The molecule has 2 nitrogen and oxygen atoms in total. The number of hydrogen-bond donors (Lipinski definition) is 1. The van der Waals surface area contributed by atoms with Crippen LogP contribution in [0.2, 0.25) is 0 Å². The highest BCUT2D eigenvalue weighted by Gasteiger charge is 2.04. The summed E-state index contributed by atoms with van der Waals surface area (Å²) in [6.45, 7) is 4.08. The third-order valence-corrected chi connectivity index (χ3v) is 2.47. The van der Waals surface area contributed by atoms with Gasteiger partial charge in [0.1, 0.15) is 0 Å². The number of hydrogen-bond acceptors (Lipinski definition) is 2. The lowest BCUT2D eigenvalue weighted by molar-refractivity contribution is 0.740. The van der Waals surface area contributed by atoms with Crippen LogP contribution < -0.4 is 5.73 Å². The largest absolute Gasteiger partial charge is 0.328 e. The van der Waals surface area contributed by atoms with Gasteiger partial charge in [-0.2, -0.15) is 0 Å². The number of aromatic nitrogens is 1. The Morgan fingerprint density at radius 3 is 2.93 bits per heavy atom. The average Bonchev–Trinajstić information content (AvgIpc) is 2.16. The molecule has 15 heavy (non-hydrogen) atoms. The standard InChI is InChI=1S/C13H16N2/c1-9-6-11-4-3-5-12(7-10(2)14)13(11)15-8-9/h3-6,8,10H,7,14H2,1-2H3. The van der Waals surface area contributed by atoms with E-state index in [1.165, 1.54) is 16.5 Å². The quantitative estimate of drug-likeness (QED) is 0.808. The summed E-state index contributed by atoms with van der Waals surface area (Å²) < 4.78 is 0. The fraction of sp³-hybridized carbons (Fsp3) is 0.308. The molecule has 0 aliphatic rings. The van der Waals surface area contributed by atoms with Gasteiger partial charge in [-0.15, -0.1) is 0 Å². The summed E-state index contributed by atoms with van der Waals surface area (Å²) in [5.41, 5.74) is 9.33. The molecular formula is C13H16N2. The summed E-state index contributed by atoms with van der Waals surface area (Å²) in [7, 11) is 0. The van der Waals surface area contributed by atoms with Crippen molar-refractivity contribution in [2.24, 2.45) is 5.73 Å². The van der Waals surface area contributed by atoms with Crippen LogP contribution in [0, 0.1) is 6.92 Å². The Morgan fingerprint density at radius 2 is 2.20 bits per heavy atom. The van der Waals surface area contributed by atoms with Gasteiger partial charge in [0.05, 0.1) is 5.52 Å². The number of nitrogens with zero attached hydrogens (tertiary/aromatic N) is 1. The van der Waals surface area contributed by atoms with E-state index in [1.54, 1.807) is 0 Å². The van der Waals surface area contributed by atoms with Crippen molar-refractivity contribution in [3.8, 4) is 0 Å². The molecule has 0 bridgehead atoms. The predicted molar refractivity (Wildman–Crippen MR) is 63.8 cm³/mol. The van der Waals surface area contributed by atoms with Crippen molar-refractivity contribution < 1.29 is 0 Å². The molecule has 0 aliphatic heterocycles. The van der Waals surface area contributed by atoms with Crippen molar-refractivity contribution in [3.63, 3.8) is 0 Å². The monoisotopic (exact) mass is 200 g/mol. The second-order valence-corrected chi connectivity index (χ2v) is 4.18. The van der Waals surface area contributed by atoms with E-state index in [4.69, 9.17) is 5.73 Å². The van der Waals surface area contributed by atoms with E-state index in [0.717, 1.165) is 11.9 Å². The number of nitrogens with two attached hydrogens (primary N) is 1. The molecule has 0 saturated heterocycles. The molecule has 1 atom stereocenters. The molecule has 2 rings (SSSR count). The lowest BCUT2D eigenvalue weighted by Gasteiger charge is -2.08. The van der Waals surface area contributed by atoms with Crippen LogP contribution in [0.3, 0.4) is 0 Å². The highest BCUT2D eigenvalue weighted by Crippen LogP contribution is 2.18. The molecule has 0 fully saturated rings. The molecule has 1 aromatic carbocycles. The zero-order valence-corrected chi connectivity index (χ0v) is 9.20. The van der Waals surface area contributed by atoms with Crippen LogP contribution in [0.1, 0.15) is 18.1 Å². The van der Waals surface area contributed by atoms with Gasteiger partial charge in [-0.05, 0) is 37.5 Å². The summed E-state index contributed by atoms with van der Waals surface area (Å²) in [6.07, 6.45) is 2.79. The normalized spacial score (nSPS) is 13.0. The van der Waals surface area contributed by atoms with Crippen molar-refractivity contribution in [3.05, 3.63) is 41.6 Å². The Bertz CT molecular complexity index is 475. The average molecular weight is 200 g/mol. The lowest BCUT2D eigenvalue weighted by Crippen LogP contribution is -2.18. The Morgan fingerprint density at radius 1 is 1.40 bits per heavy atom. The lowest BCUT2D eigenvalue weighted by atomic mass is 10.0. The second kappa shape index (κ2) is 3.99. The number of aryl methyl sites for hydroxylation is 1. The van der Waals surface area contributed by atoms with E-state index in [2.05, 4.69) is 36.2 Å². The van der Waals surface area contributed by atoms with Gasteiger partial charge in [0.2, 0.25) is 0 Å². The maximum Gasteiger partial charge on any atom is 0.0734 e. The van der Waals surface area contributed by atoms with Gasteiger partial charge in [-0.1, -0.05) is 18.2 Å². The number of fused-ring (bicyclic) bond motifs is 1. The number of pyridine rings is 1. The van der Waals surface area contributed by atoms with Gasteiger partial charge in [0, 0.05) is 17.6 Å². The maximum absolute atomic E-state index is 5.82. The van der Waals surface area contributed by atoms with Crippen molar-refractivity contribution in [2.45, 2.75) is 26.3 Å². The number of rotatable bonds is 2. The molecule has 2 heteroatoms. The zero-order chi connectivity index (χ0) is 10.8. The van der Waals surface area contributed by atoms with Crippen LogP contribution in [-0.4, -0.2) is 11.0 Å². The van der Waals surface area contributed by atoms with Crippen LogP contribution >= 0.6 is 0 Å². The van der Waals surface area contributed by atoms with E-state index in [1.807, 2.05) is 13.1 Å². The van der Waals surface area contributed by atoms with E-state index < -0.39 is 0 Å². The smallest absolute Gasteiger partial charge is 0.0734 e. The number of para-hydroxylation sites is 1. The van der Waals surface area contributed by atoms with Crippen molar-refractivity contribution in [1.29, 1.82) is 0 Å². The van der Waals surface area contributed by atoms with Crippen LogP contribution in [0.5, 0.6) is 0 Å². The summed E-state index contributed by atoms with van der Waals surface area (Å²) >= 11 is 0. The molecule has 1 aromatic heterocycles. The second-order valence-electron chi connectivity index (χ2n) is 4.18. The fourth-order valence-corrected chi connectivity index (χ4v) is 1.85. The van der Waals surface area contributed by atoms with Crippen LogP contribution in [0.4, 0.5) is 0 Å². The molecule has 1 unspecified atom stereocenters. The van der Waals surface area contributed by atoms with Gasteiger partial charge in [0.15, 0.2) is 0 Å². The maximum atomic E-state index is 5.82. The highest BCUT2D eigenvalue weighted by molar-refractivity contribution is 5.82. The zero-order valence-electron chi connectivity index (χ0n) is 9.20. The van der Waals surface area contributed by atoms with Crippen LogP contribution in [-0.2, 0) is 6.42 Å². The SMILES string of the molecule is Cc1cnc2c(CC(C)N)cccc2c1. The van der Waals surface area contributed by atoms with Gasteiger partial charge in [-0.3, -0.25) is 4.98 Å². The molecule has 0 saturated carbocycles.